The lowest BCUT2D eigenvalue weighted by Gasteiger charge is -2.28. The summed E-state index contributed by atoms with van der Waals surface area (Å²) >= 11 is 0. The molecule has 0 spiro atoms. The molecule has 1 aromatic carbocycles. The molecule has 0 saturated carbocycles. The van der Waals surface area contributed by atoms with Gasteiger partial charge in [-0.3, -0.25) is 14.4 Å². The first-order valence-electron chi connectivity index (χ1n) is 9.38. The summed E-state index contributed by atoms with van der Waals surface area (Å²) in [6, 6.07) is 6.47. The maximum Gasteiger partial charge on any atom is 0.338 e. The highest BCUT2D eigenvalue weighted by atomic mass is 16.3. The maximum atomic E-state index is 12.9. The van der Waals surface area contributed by atoms with Crippen molar-refractivity contribution < 1.29 is 19.5 Å². The van der Waals surface area contributed by atoms with Crippen molar-refractivity contribution in [3.8, 4) is 5.75 Å². The van der Waals surface area contributed by atoms with Crippen LogP contribution in [0.1, 0.15) is 33.3 Å². The number of primary amides is 1. The third-order valence-electron chi connectivity index (χ3n) is 4.32. The molecule has 8 heteroatoms. The van der Waals surface area contributed by atoms with Crippen LogP contribution in [0, 0.1) is 17.8 Å². The number of imide groups is 1. The summed E-state index contributed by atoms with van der Waals surface area (Å²) in [5.74, 6) is -3.12. The first kappa shape index (κ1) is 21.6. The molecular formula is C20H28N4O4. The van der Waals surface area contributed by atoms with Gasteiger partial charge in [0.1, 0.15) is 5.75 Å². The third-order valence-corrected chi connectivity index (χ3v) is 4.32. The molecule has 3 amide bonds. The standard InChI is InChI=1S/C20H28N4O4/c1-12(2)9-23(10-13(3)4)11-15-17(14-7-5-6-8-16(14)25)22-24(19(15)27)20(28)18(21)26/h5-8,12-13,15,25H,9-11H2,1-4H3,(H2,21,26)/t15-/m0/s1. The molecule has 8 nitrogen and oxygen atoms in total. The van der Waals surface area contributed by atoms with Crippen LogP contribution in [-0.2, 0) is 14.4 Å². The van der Waals surface area contributed by atoms with Crippen LogP contribution in [0.15, 0.2) is 29.4 Å². The number of hydrazone groups is 1. The van der Waals surface area contributed by atoms with Crippen molar-refractivity contribution in [3.63, 3.8) is 0 Å². The molecule has 1 heterocycles. The molecule has 0 bridgehead atoms. The van der Waals surface area contributed by atoms with Gasteiger partial charge in [-0.2, -0.15) is 10.1 Å². The second-order valence-corrected chi connectivity index (χ2v) is 7.88. The fourth-order valence-corrected chi connectivity index (χ4v) is 3.35. The molecule has 1 aliphatic heterocycles. The van der Waals surface area contributed by atoms with Gasteiger partial charge in [0.15, 0.2) is 0 Å². The molecular weight excluding hydrogens is 360 g/mol. The Bertz CT molecular complexity index is 778. The Morgan fingerprint density at radius 3 is 2.25 bits per heavy atom. The van der Waals surface area contributed by atoms with E-state index in [1.807, 2.05) is 0 Å². The van der Waals surface area contributed by atoms with Gasteiger partial charge in [0, 0.05) is 25.2 Å². The quantitative estimate of drug-likeness (QED) is 0.681. The number of phenolic OH excluding ortho intramolecular Hbond substituents is 1. The van der Waals surface area contributed by atoms with Crippen molar-refractivity contribution >= 4 is 23.4 Å². The zero-order valence-electron chi connectivity index (χ0n) is 16.8. The number of rotatable bonds is 7. The molecule has 3 N–H and O–H groups in total. The number of amides is 3. The van der Waals surface area contributed by atoms with E-state index in [0.29, 0.717) is 29.0 Å². The van der Waals surface area contributed by atoms with E-state index in [0.717, 1.165) is 13.1 Å². The van der Waals surface area contributed by atoms with Gasteiger partial charge >= 0.3 is 11.8 Å². The minimum atomic E-state index is -1.25. The van der Waals surface area contributed by atoms with Crippen LogP contribution in [0.3, 0.4) is 0 Å². The lowest BCUT2D eigenvalue weighted by atomic mass is 9.94. The first-order valence-corrected chi connectivity index (χ1v) is 9.38. The molecule has 0 unspecified atom stereocenters. The van der Waals surface area contributed by atoms with E-state index < -0.39 is 23.6 Å². The number of aromatic hydroxyl groups is 1. The summed E-state index contributed by atoms with van der Waals surface area (Å²) in [6.45, 7) is 10.2. The fraction of sp³-hybridized carbons (Fsp3) is 0.500. The molecule has 1 atom stereocenters. The molecule has 152 valence electrons. The summed E-state index contributed by atoms with van der Waals surface area (Å²) in [4.78, 5) is 38.4. The van der Waals surface area contributed by atoms with Gasteiger partial charge in [0.25, 0.3) is 5.91 Å². The molecule has 0 saturated heterocycles. The summed E-state index contributed by atoms with van der Waals surface area (Å²) in [5.41, 5.74) is 5.67. The number of nitrogens with two attached hydrogens (primary N) is 1. The van der Waals surface area contributed by atoms with E-state index >= 15 is 0 Å². The topological polar surface area (TPSA) is 116 Å². The number of carbonyl (C=O) groups excluding carboxylic acids is 3. The van der Waals surface area contributed by atoms with E-state index in [9.17, 15) is 19.5 Å². The Morgan fingerprint density at radius 2 is 1.75 bits per heavy atom. The number of nitrogens with zero attached hydrogens (tertiary/aromatic N) is 3. The number of para-hydroxylation sites is 1. The molecule has 0 fully saturated rings. The van der Waals surface area contributed by atoms with Gasteiger partial charge in [-0.15, -0.1) is 0 Å². The van der Waals surface area contributed by atoms with E-state index in [1.165, 1.54) is 6.07 Å². The molecule has 28 heavy (non-hydrogen) atoms. The van der Waals surface area contributed by atoms with Crippen molar-refractivity contribution in [2.45, 2.75) is 27.7 Å². The predicted molar refractivity (Wildman–Crippen MR) is 105 cm³/mol. The van der Waals surface area contributed by atoms with Crippen molar-refractivity contribution in [3.05, 3.63) is 29.8 Å². The highest BCUT2D eigenvalue weighted by molar-refractivity contribution is 6.39. The van der Waals surface area contributed by atoms with Crippen LogP contribution in [0.25, 0.3) is 0 Å². The summed E-state index contributed by atoms with van der Waals surface area (Å²) in [6.07, 6.45) is 0. The molecule has 2 rings (SSSR count). The average molecular weight is 388 g/mol. The molecule has 1 aliphatic rings. The van der Waals surface area contributed by atoms with Crippen LogP contribution in [-0.4, -0.2) is 58.1 Å². The largest absolute Gasteiger partial charge is 0.507 e. The zero-order chi connectivity index (χ0) is 21.0. The Balaban J connectivity index is 2.42. The van der Waals surface area contributed by atoms with Crippen LogP contribution in [0.4, 0.5) is 0 Å². The highest BCUT2D eigenvalue weighted by Gasteiger charge is 2.42. The fourth-order valence-electron chi connectivity index (χ4n) is 3.35. The molecule has 1 aromatic rings. The first-order chi connectivity index (χ1) is 13.1. The van der Waals surface area contributed by atoms with Crippen LogP contribution < -0.4 is 5.73 Å². The van der Waals surface area contributed by atoms with Gasteiger partial charge in [-0.25, -0.2) is 0 Å². The van der Waals surface area contributed by atoms with E-state index in [-0.39, 0.29) is 11.5 Å². The Labute approximate surface area is 165 Å². The Hall–Kier alpha value is -2.74. The maximum absolute atomic E-state index is 12.9. The zero-order valence-corrected chi connectivity index (χ0v) is 16.8. The minimum absolute atomic E-state index is 0.0494. The second kappa shape index (κ2) is 8.97. The highest BCUT2D eigenvalue weighted by Crippen LogP contribution is 2.28. The lowest BCUT2D eigenvalue weighted by Crippen LogP contribution is -2.44. The Kier molecular flexibility index (Phi) is 6.90. The minimum Gasteiger partial charge on any atom is -0.507 e. The van der Waals surface area contributed by atoms with Crippen molar-refractivity contribution in [1.82, 2.24) is 9.91 Å². The van der Waals surface area contributed by atoms with Crippen LogP contribution in [0.2, 0.25) is 0 Å². The smallest absolute Gasteiger partial charge is 0.338 e. The average Bonchev–Trinajstić information content (AvgIpc) is 2.90. The number of benzene rings is 1. The monoisotopic (exact) mass is 388 g/mol. The second-order valence-electron chi connectivity index (χ2n) is 7.88. The number of hydrogen-bond acceptors (Lipinski definition) is 6. The van der Waals surface area contributed by atoms with E-state index in [4.69, 9.17) is 5.73 Å². The number of phenols is 1. The van der Waals surface area contributed by atoms with Crippen LogP contribution in [0.5, 0.6) is 5.75 Å². The van der Waals surface area contributed by atoms with Gasteiger partial charge in [-0.1, -0.05) is 39.8 Å². The normalized spacial score (nSPS) is 17.0. The Morgan fingerprint density at radius 1 is 1.18 bits per heavy atom. The van der Waals surface area contributed by atoms with Crippen molar-refractivity contribution in [2.75, 3.05) is 19.6 Å². The molecule has 0 aliphatic carbocycles. The van der Waals surface area contributed by atoms with Gasteiger partial charge in [0.2, 0.25) is 0 Å². The summed E-state index contributed by atoms with van der Waals surface area (Å²) in [7, 11) is 0. The van der Waals surface area contributed by atoms with Crippen molar-refractivity contribution in [2.24, 2.45) is 28.6 Å². The summed E-state index contributed by atoms with van der Waals surface area (Å²) in [5, 5.41) is 14.8. The SMILES string of the molecule is CC(C)CN(CC(C)C)C[C@@H]1C(=O)N(C(=O)C(N)=O)N=C1c1ccccc1O. The van der Waals surface area contributed by atoms with E-state index in [1.54, 1.807) is 18.2 Å². The van der Waals surface area contributed by atoms with Crippen LogP contribution >= 0.6 is 0 Å². The summed E-state index contributed by atoms with van der Waals surface area (Å²) < 4.78 is 0. The molecule has 0 radical (unpaired) electrons. The number of hydrogen-bond donors (Lipinski definition) is 2. The van der Waals surface area contributed by atoms with Crippen molar-refractivity contribution in [1.29, 1.82) is 0 Å². The van der Waals surface area contributed by atoms with Gasteiger partial charge < -0.3 is 15.7 Å². The number of carbonyl (C=O) groups is 3. The van der Waals surface area contributed by atoms with E-state index in [2.05, 4.69) is 37.7 Å². The predicted octanol–water partition coefficient (Wildman–Crippen LogP) is 1.18. The lowest BCUT2D eigenvalue weighted by molar-refractivity contribution is -0.151. The third kappa shape index (κ3) is 4.95. The van der Waals surface area contributed by atoms with Gasteiger partial charge in [0.05, 0.1) is 11.6 Å². The molecule has 0 aromatic heterocycles. The van der Waals surface area contributed by atoms with Gasteiger partial charge in [-0.05, 0) is 24.0 Å².